The van der Waals surface area contributed by atoms with Crippen LogP contribution in [0.4, 0.5) is 17.5 Å². The van der Waals surface area contributed by atoms with Crippen molar-refractivity contribution in [1.82, 2.24) is 9.97 Å². The molecule has 0 radical (unpaired) electrons. The molecule has 1 aromatic carbocycles. The third-order valence-corrected chi connectivity index (χ3v) is 4.38. The van der Waals surface area contributed by atoms with Gasteiger partial charge in [0.25, 0.3) is 0 Å². The van der Waals surface area contributed by atoms with E-state index < -0.39 is 0 Å². The first-order valence-electron chi connectivity index (χ1n) is 8.50. The number of aromatic nitrogens is 2. The fourth-order valence-corrected chi connectivity index (χ4v) is 2.99. The first-order valence-corrected chi connectivity index (χ1v) is 8.50. The van der Waals surface area contributed by atoms with Crippen LogP contribution in [0, 0.1) is 0 Å². The van der Waals surface area contributed by atoms with Gasteiger partial charge in [-0.2, -0.15) is 9.97 Å². The molecule has 0 aliphatic carbocycles. The van der Waals surface area contributed by atoms with Gasteiger partial charge in [-0.1, -0.05) is 12.1 Å². The molecule has 138 valence electrons. The standard InChI is InChI=1S/C18H23N5O3/c1-25-16-14-15(22-18(19)23-16)20-10-9-13(21-14)8-5-11-3-6-12(7-4-11)17(24)26-2/h3-4,6-7,13,21H,5,8-10H2,1-2H3,(H3,19,20,22,23). The van der Waals surface area contributed by atoms with Gasteiger partial charge in [-0.25, -0.2) is 4.79 Å². The summed E-state index contributed by atoms with van der Waals surface area (Å²) in [7, 11) is 2.94. The normalized spacial score (nSPS) is 15.8. The Balaban J connectivity index is 1.66. The first kappa shape index (κ1) is 17.8. The van der Waals surface area contributed by atoms with Crippen LogP contribution < -0.4 is 21.1 Å². The van der Waals surface area contributed by atoms with Crippen LogP contribution in [-0.2, 0) is 11.2 Å². The maximum Gasteiger partial charge on any atom is 0.337 e. The summed E-state index contributed by atoms with van der Waals surface area (Å²) in [5, 5.41) is 6.74. The van der Waals surface area contributed by atoms with Crippen LogP contribution in [0.5, 0.6) is 5.88 Å². The van der Waals surface area contributed by atoms with Crippen LogP contribution in [-0.4, -0.2) is 42.7 Å². The Morgan fingerprint density at radius 1 is 1.27 bits per heavy atom. The fourth-order valence-electron chi connectivity index (χ4n) is 2.99. The number of ether oxygens (including phenoxy) is 2. The van der Waals surface area contributed by atoms with E-state index in [1.807, 2.05) is 12.1 Å². The molecule has 0 amide bonds. The highest BCUT2D eigenvalue weighted by molar-refractivity contribution is 5.89. The Hall–Kier alpha value is -3.03. The van der Waals surface area contributed by atoms with E-state index >= 15 is 0 Å². The van der Waals surface area contributed by atoms with Crippen molar-refractivity contribution in [3.05, 3.63) is 35.4 Å². The lowest BCUT2D eigenvalue weighted by Crippen LogP contribution is -2.21. The quantitative estimate of drug-likeness (QED) is 0.698. The molecule has 1 aliphatic rings. The van der Waals surface area contributed by atoms with E-state index in [9.17, 15) is 4.79 Å². The highest BCUT2D eigenvalue weighted by atomic mass is 16.5. The Kier molecular flexibility index (Phi) is 5.40. The summed E-state index contributed by atoms with van der Waals surface area (Å²) < 4.78 is 10.0. The number of nitrogen functional groups attached to an aromatic ring is 1. The molecule has 0 fully saturated rings. The Morgan fingerprint density at radius 2 is 2.04 bits per heavy atom. The molecule has 0 saturated heterocycles. The molecule has 0 spiro atoms. The highest BCUT2D eigenvalue weighted by Crippen LogP contribution is 2.33. The SMILES string of the molecule is COC(=O)c1ccc(CCC2CCNc3nc(N)nc(OC)c3N2)cc1. The minimum Gasteiger partial charge on any atom is -0.479 e. The molecule has 0 bridgehead atoms. The maximum absolute atomic E-state index is 11.5. The number of nitrogens with one attached hydrogen (secondary N) is 2. The lowest BCUT2D eigenvalue weighted by molar-refractivity contribution is 0.0600. The molecule has 8 heteroatoms. The molecule has 8 nitrogen and oxygen atoms in total. The molecule has 3 rings (SSSR count). The molecule has 4 N–H and O–H groups in total. The maximum atomic E-state index is 11.5. The summed E-state index contributed by atoms with van der Waals surface area (Å²) in [5.41, 5.74) is 8.18. The molecule has 26 heavy (non-hydrogen) atoms. The Labute approximate surface area is 152 Å². The zero-order chi connectivity index (χ0) is 18.5. The van der Waals surface area contributed by atoms with Gasteiger partial charge in [0.1, 0.15) is 5.69 Å². The molecule has 2 heterocycles. The van der Waals surface area contributed by atoms with Gasteiger partial charge in [0, 0.05) is 12.6 Å². The second-order valence-electron chi connectivity index (χ2n) is 6.10. The van der Waals surface area contributed by atoms with E-state index in [1.165, 1.54) is 7.11 Å². The van der Waals surface area contributed by atoms with Crippen LogP contribution in [0.2, 0.25) is 0 Å². The summed E-state index contributed by atoms with van der Waals surface area (Å²) in [6.45, 7) is 0.783. The van der Waals surface area contributed by atoms with Crippen LogP contribution in [0.15, 0.2) is 24.3 Å². The predicted molar refractivity (Wildman–Crippen MR) is 99.6 cm³/mol. The predicted octanol–water partition coefficient (Wildman–Crippen LogP) is 2.08. The monoisotopic (exact) mass is 357 g/mol. The van der Waals surface area contributed by atoms with Gasteiger partial charge in [0.05, 0.1) is 19.8 Å². The fraction of sp³-hybridized carbons (Fsp3) is 0.389. The van der Waals surface area contributed by atoms with Gasteiger partial charge < -0.3 is 25.8 Å². The molecule has 0 saturated carbocycles. The van der Waals surface area contributed by atoms with E-state index in [0.29, 0.717) is 17.3 Å². The number of aryl methyl sites for hydroxylation is 1. The number of hydrogen-bond donors (Lipinski definition) is 3. The summed E-state index contributed by atoms with van der Waals surface area (Å²) in [6, 6.07) is 7.74. The van der Waals surface area contributed by atoms with Crippen molar-refractivity contribution in [3.63, 3.8) is 0 Å². The van der Waals surface area contributed by atoms with E-state index in [0.717, 1.165) is 37.1 Å². The zero-order valence-electron chi connectivity index (χ0n) is 14.9. The number of fused-ring (bicyclic) bond motifs is 1. The minimum atomic E-state index is -0.323. The van der Waals surface area contributed by atoms with E-state index in [4.69, 9.17) is 15.2 Å². The van der Waals surface area contributed by atoms with Crippen LogP contribution in [0.1, 0.15) is 28.8 Å². The van der Waals surface area contributed by atoms with Crippen molar-refractivity contribution >= 4 is 23.4 Å². The largest absolute Gasteiger partial charge is 0.479 e. The summed E-state index contributed by atoms with van der Waals surface area (Å²) >= 11 is 0. The number of hydrogen-bond acceptors (Lipinski definition) is 8. The second kappa shape index (κ2) is 7.90. The molecular weight excluding hydrogens is 334 g/mol. The third kappa shape index (κ3) is 3.96. The Morgan fingerprint density at radius 3 is 2.73 bits per heavy atom. The molecule has 1 unspecified atom stereocenters. The minimum absolute atomic E-state index is 0.180. The van der Waals surface area contributed by atoms with Crippen molar-refractivity contribution in [3.8, 4) is 5.88 Å². The van der Waals surface area contributed by atoms with Crippen LogP contribution in [0.25, 0.3) is 0 Å². The molecular formula is C18H23N5O3. The molecule has 1 aromatic heterocycles. The lowest BCUT2D eigenvalue weighted by Gasteiger charge is -2.18. The number of methoxy groups -OCH3 is 2. The van der Waals surface area contributed by atoms with Gasteiger partial charge in [0.2, 0.25) is 11.8 Å². The van der Waals surface area contributed by atoms with Gasteiger partial charge >= 0.3 is 5.97 Å². The number of benzene rings is 1. The Bertz CT molecular complexity index is 779. The molecule has 1 atom stereocenters. The molecule has 2 aromatic rings. The number of anilines is 3. The number of nitrogens with zero attached hydrogens (tertiary/aromatic N) is 2. The number of esters is 1. The van der Waals surface area contributed by atoms with Crippen molar-refractivity contribution in [1.29, 1.82) is 0 Å². The highest BCUT2D eigenvalue weighted by Gasteiger charge is 2.21. The van der Waals surface area contributed by atoms with Gasteiger partial charge in [-0.05, 0) is 37.0 Å². The number of nitrogens with two attached hydrogens (primary N) is 1. The molecule has 1 aliphatic heterocycles. The van der Waals surface area contributed by atoms with Crippen LogP contribution in [0.3, 0.4) is 0 Å². The summed E-state index contributed by atoms with van der Waals surface area (Å²) in [4.78, 5) is 19.9. The van der Waals surface area contributed by atoms with Gasteiger partial charge in [-0.3, -0.25) is 0 Å². The van der Waals surface area contributed by atoms with Crippen LogP contribution >= 0.6 is 0 Å². The number of carbonyl (C=O) groups is 1. The summed E-state index contributed by atoms with van der Waals surface area (Å²) in [5.74, 6) is 0.962. The average Bonchev–Trinajstić information content (AvgIpc) is 2.87. The van der Waals surface area contributed by atoms with Crippen molar-refractivity contribution < 1.29 is 14.3 Å². The average molecular weight is 357 g/mol. The van der Waals surface area contributed by atoms with Crippen molar-refractivity contribution in [2.75, 3.05) is 37.1 Å². The van der Waals surface area contributed by atoms with E-state index in [2.05, 4.69) is 20.6 Å². The van der Waals surface area contributed by atoms with Gasteiger partial charge in [0.15, 0.2) is 5.82 Å². The smallest absolute Gasteiger partial charge is 0.337 e. The summed E-state index contributed by atoms with van der Waals surface area (Å²) in [6.07, 6.45) is 2.73. The number of carbonyl (C=O) groups excluding carboxylic acids is 1. The van der Waals surface area contributed by atoms with E-state index in [1.54, 1.807) is 19.2 Å². The first-order chi connectivity index (χ1) is 12.6. The zero-order valence-corrected chi connectivity index (χ0v) is 14.9. The topological polar surface area (TPSA) is 111 Å². The third-order valence-electron chi connectivity index (χ3n) is 4.38. The lowest BCUT2D eigenvalue weighted by atomic mass is 10.0. The van der Waals surface area contributed by atoms with Crippen molar-refractivity contribution in [2.24, 2.45) is 0 Å². The second-order valence-corrected chi connectivity index (χ2v) is 6.10. The van der Waals surface area contributed by atoms with E-state index in [-0.39, 0.29) is 18.0 Å². The number of rotatable bonds is 5. The van der Waals surface area contributed by atoms with Gasteiger partial charge in [-0.15, -0.1) is 0 Å². The van der Waals surface area contributed by atoms with Crippen molar-refractivity contribution in [2.45, 2.75) is 25.3 Å².